The maximum atomic E-state index is 5.31. The number of nitrogens with one attached hydrogen (secondary N) is 1. The fourth-order valence-electron chi connectivity index (χ4n) is 2.17. The van der Waals surface area contributed by atoms with Gasteiger partial charge in [0.1, 0.15) is 5.76 Å². The summed E-state index contributed by atoms with van der Waals surface area (Å²) in [6, 6.07) is 4.45. The number of rotatable bonds is 5. The minimum Gasteiger partial charge on any atom is -0.468 e. The van der Waals surface area contributed by atoms with E-state index in [0.717, 1.165) is 18.8 Å². The fraction of sp³-hybridized carbons (Fsp3) is 0.692. The number of furan rings is 1. The van der Waals surface area contributed by atoms with Crippen molar-refractivity contribution in [3.63, 3.8) is 0 Å². The maximum absolute atomic E-state index is 5.31. The van der Waals surface area contributed by atoms with Crippen LogP contribution in [0.15, 0.2) is 22.8 Å². The highest BCUT2D eigenvalue weighted by molar-refractivity contribution is 4.97. The van der Waals surface area contributed by atoms with E-state index in [0.29, 0.717) is 6.04 Å². The number of nitrogens with zero attached hydrogens (tertiary/aromatic N) is 2. The molecule has 96 valence electrons. The van der Waals surface area contributed by atoms with Gasteiger partial charge in [-0.1, -0.05) is 0 Å². The van der Waals surface area contributed by atoms with E-state index < -0.39 is 0 Å². The lowest BCUT2D eigenvalue weighted by Gasteiger charge is -2.34. The van der Waals surface area contributed by atoms with Crippen molar-refractivity contribution in [3.8, 4) is 0 Å². The molecule has 1 aromatic heterocycles. The van der Waals surface area contributed by atoms with Crippen molar-refractivity contribution in [2.75, 3.05) is 39.8 Å². The van der Waals surface area contributed by atoms with Crippen LogP contribution in [0.4, 0.5) is 0 Å². The minimum atomic E-state index is 0.503. The Balaban J connectivity index is 1.65. The minimum absolute atomic E-state index is 0.503. The van der Waals surface area contributed by atoms with E-state index in [2.05, 4.69) is 29.1 Å². The van der Waals surface area contributed by atoms with Gasteiger partial charge in [0.05, 0.1) is 12.8 Å². The van der Waals surface area contributed by atoms with Gasteiger partial charge in [0.25, 0.3) is 0 Å². The molecule has 1 N–H and O–H groups in total. The number of hydrogen-bond donors (Lipinski definition) is 1. The SMILES string of the molecule is CC(CN1CCN(C)CC1)NCc1ccco1. The van der Waals surface area contributed by atoms with Crippen LogP contribution in [0.25, 0.3) is 0 Å². The Hall–Kier alpha value is -0.840. The summed E-state index contributed by atoms with van der Waals surface area (Å²) in [6.07, 6.45) is 1.72. The van der Waals surface area contributed by atoms with Crippen LogP contribution in [0.3, 0.4) is 0 Å². The topological polar surface area (TPSA) is 31.6 Å². The van der Waals surface area contributed by atoms with Crippen LogP contribution < -0.4 is 5.32 Å². The predicted molar refractivity (Wildman–Crippen MR) is 68.9 cm³/mol. The molecule has 2 rings (SSSR count). The summed E-state index contributed by atoms with van der Waals surface area (Å²) in [7, 11) is 2.19. The van der Waals surface area contributed by atoms with Gasteiger partial charge >= 0.3 is 0 Å². The standard InChI is InChI=1S/C13H23N3O/c1-12(14-10-13-4-3-9-17-13)11-16-7-5-15(2)6-8-16/h3-4,9,12,14H,5-8,10-11H2,1-2H3. The highest BCUT2D eigenvalue weighted by Crippen LogP contribution is 2.02. The molecule has 0 aliphatic carbocycles. The third-order valence-corrected chi connectivity index (χ3v) is 3.33. The summed E-state index contributed by atoms with van der Waals surface area (Å²) in [5.41, 5.74) is 0. The molecule has 17 heavy (non-hydrogen) atoms. The molecular formula is C13H23N3O. The second kappa shape index (κ2) is 6.19. The summed E-state index contributed by atoms with van der Waals surface area (Å²) in [5, 5.41) is 3.49. The lowest BCUT2D eigenvalue weighted by atomic mass is 10.2. The first-order valence-electron chi connectivity index (χ1n) is 6.40. The van der Waals surface area contributed by atoms with Crippen molar-refractivity contribution in [2.45, 2.75) is 19.5 Å². The third-order valence-electron chi connectivity index (χ3n) is 3.33. The Kier molecular flexibility index (Phi) is 4.59. The van der Waals surface area contributed by atoms with Crippen LogP contribution in [-0.4, -0.2) is 55.6 Å². The third kappa shape index (κ3) is 4.15. The molecule has 0 spiro atoms. The zero-order valence-corrected chi connectivity index (χ0v) is 10.9. The van der Waals surface area contributed by atoms with Crippen LogP contribution >= 0.6 is 0 Å². The fourth-order valence-corrected chi connectivity index (χ4v) is 2.17. The molecule has 1 atom stereocenters. The molecule has 0 radical (unpaired) electrons. The summed E-state index contributed by atoms with van der Waals surface area (Å²) in [5.74, 6) is 1.01. The van der Waals surface area contributed by atoms with Gasteiger partial charge in [-0.05, 0) is 26.1 Å². The molecule has 0 amide bonds. The Labute approximate surface area is 104 Å². The van der Waals surface area contributed by atoms with E-state index in [1.54, 1.807) is 6.26 Å². The van der Waals surface area contributed by atoms with E-state index >= 15 is 0 Å². The molecule has 1 aliphatic rings. The van der Waals surface area contributed by atoms with Crippen molar-refractivity contribution in [3.05, 3.63) is 24.2 Å². The molecule has 1 aliphatic heterocycles. The molecule has 0 bridgehead atoms. The largest absolute Gasteiger partial charge is 0.468 e. The van der Waals surface area contributed by atoms with Gasteiger partial charge in [-0.15, -0.1) is 0 Å². The van der Waals surface area contributed by atoms with Crippen LogP contribution in [0.5, 0.6) is 0 Å². The summed E-state index contributed by atoms with van der Waals surface area (Å²) in [6.45, 7) is 8.92. The Morgan fingerprint density at radius 2 is 2.12 bits per heavy atom. The average molecular weight is 237 g/mol. The smallest absolute Gasteiger partial charge is 0.117 e. The lowest BCUT2D eigenvalue weighted by Crippen LogP contribution is -2.48. The van der Waals surface area contributed by atoms with Crippen molar-refractivity contribution in [1.29, 1.82) is 0 Å². The number of piperazine rings is 1. The first kappa shape index (κ1) is 12.6. The first-order chi connectivity index (χ1) is 8.24. The molecule has 0 aromatic carbocycles. The average Bonchev–Trinajstić information content (AvgIpc) is 2.83. The maximum Gasteiger partial charge on any atom is 0.117 e. The van der Waals surface area contributed by atoms with Crippen LogP contribution in [0.1, 0.15) is 12.7 Å². The monoisotopic (exact) mass is 237 g/mol. The van der Waals surface area contributed by atoms with E-state index in [-0.39, 0.29) is 0 Å². The lowest BCUT2D eigenvalue weighted by molar-refractivity contribution is 0.144. The predicted octanol–water partition coefficient (Wildman–Crippen LogP) is 1.01. The first-order valence-corrected chi connectivity index (χ1v) is 6.40. The van der Waals surface area contributed by atoms with Crippen LogP contribution in [-0.2, 0) is 6.54 Å². The number of hydrogen-bond acceptors (Lipinski definition) is 4. The Bertz CT molecular complexity index is 304. The van der Waals surface area contributed by atoms with Gasteiger partial charge in [0.2, 0.25) is 0 Å². The quantitative estimate of drug-likeness (QED) is 0.828. The van der Waals surface area contributed by atoms with Gasteiger partial charge in [-0.2, -0.15) is 0 Å². The van der Waals surface area contributed by atoms with E-state index in [9.17, 15) is 0 Å². The molecule has 1 fully saturated rings. The van der Waals surface area contributed by atoms with E-state index in [4.69, 9.17) is 4.42 Å². The molecule has 2 heterocycles. The van der Waals surface area contributed by atoms with Crippen molar-refractivity contribution >= 4 is 0 Å². The molecule has 1 aromatic rings. The van der Waals surface area contributed by atoms with E-state index in [1.807, 2.05) is 12.1 Å². The Morgan fingerprint density at radius 1 is 1.35 bits per heavy atom. The highest BCUT2D eigenvalue weighted by Gasteiger charge is 2.15. The van der Waals surface area contributed by atoms with Crippen LogP contribution in [0, 0.1) is 0 Å². The number of likely N-dealkylation sites (N-methyl/N-ethyl adjacent to an activating group) is 1. The van der Waals surface area contributed by atoms with Crippen molar-refractivity contribution in [2.24, 2.45) is 0 Å². The molecule has 1 saturated heterocycles. The molecule has 0 saturated carbocycles. The zero-order chi connectivity index (χ0) is 12.1. The summed E-state index contributed by atoms with van der Waals surface area (Å²) < 4.78 is 5.31. The van der Waals surface area contributed by atoms with E-state index in [1.165, 1.54) is 26.2 Å². The second-order valence-electron chi connectivity index (χ2n) is 4.97. The summed E-state index contributed by atoms with van der Waals surface area (Å²) in [4.78, 5) is 4.91. The van der Waals surface area contributed by atoms with Crippen LogP contribution in [0.2, 0.25) is 0 Å². The van der Waals surface area contributed by atoms with Gasteiger partial charge in [0.15, 0.2) is 0 Å². The molecule has 4 heteroatoms. The van der Waals surface area contributed by atoms with Gasteiger partial charge in [-0.25, -0.2) is 0 Å². The molecule has 4 nitrogen and oxygen atoms in total. The second-order valence-corrected chi connectivity index (χ2v) is 4.97. The molecular weight excluding hydrogens is 214 g/mol. The van der Waals surface area contributed by atoms with Crippen molar-refractivity contribution < 1.29 is 4.42 Å². The van der Waals surface area contributed by atoms with Crippen molar-refractivity contribution in [1.82, 2.24) is 15.1 Å². The Morgan fingerprint density at radius 3 is 2.76 bits per heavy atom. The zero-order valence-electron chi connectivity index (χ0n) is 10.9. The normalized spacial score (nSPS) is 20.6. The van der Waals surface area contributed by atoms with Gasteiger partial charge in [-0.3, -0.25) is 4.90 Å². The molecule has 1 unspecified atom stereocenters. The van der Waals surface area contributed by atoms with Gasteiger partial charge < -0.3 is 14.6 Å². The van der Waals surface area contributed by atoms with Gasteiger partial charge in [0, 0.05) is 38.8 Å². The summed E-state index contributed by atoms with van der Waals surface area (Å²) >= 11 is 0. The highest BCUT2D eigenvalue weighted by atomic mass is 16.3.